The van der Waals surface area contributed by atoms with Crippen LogP contribution in [-0.4, -0.2) is 42.4 Å². The number of hydrogen-bond acceptors (Lipinski definition) is 6. The molecule has 1 amide bonds. The molecule has 0 spiro atoms. The summed E-state index contributed by atoms with van der Waals surface area (Å²) in [5.74, 6) is -0.135. The molecule has 40 heavy (non-hydrogen) atoms. The van der Waals surface area contributed by atoms with Gasteiger partial charge in [-0.2, -0.15) is 17.5 Å². The fourth-order valence-corrected chi connectivity index (χ4v) is 6.08. The van der Waals surface area contributed by atoms with Crippen LogP contribution in [0.5, 0.6) is 5.75 Å². The highest BCUT2D eigenvalue weighted by Gasteiger charge is 2.44. The summed E-state index contributed by atoms with van der Waals surface area (Å²) in [4.78, 5) is 13.0. The van der Waals surface area contributed by atoms with E-state index < -0.39 is 39.8 Å². The van der Waals surface area contributed by atoms with Gasteiger partial charge in [0.05, 0.1) is 11.7 Å². The molecular formula is C28H25F3N2O6S. The first-order valence-corrected chi connectivity index (χ1v) is 13.8. The number of rotatable bonds is 8. The summed E-state index contributed by atoms with van der Waals surface area (Å²) in [6.45, 7) is -0.144. The first-order chi connectivity index (χ1) is 19.0. The van der Waals surface area contributed by atoms with E-state index in [0.29, 0.717) is 27.8 Å². The van der Waals surface area contributed by atoms with Crippen molar-refractivity contribution in [3.8, 4) is 5.75 Å². The molecule has 0 unspecified atom stereocenters. The number of hydrogen-bond donors (Lipinski definition) is 2. The van der Waals surface area contributed by atoms with Gasteiger partial charge in [0.25, 0.3) is 10.0 Å². The summed E-state index contributed by atoms with van der Waals surface area (Å²) in [7, 11) is -4.20. The number of aliphatic hydroxyl groups is 1. The summed E-state index contributed by atoms with van der Waals surface area (Å²) >= 11 is 0. The minimum absolute atomic E-state index is 0.0442. The molecule has 1 aromatic heterocycles. The predicted octanol–water partition coefficient (Wildman–Crippen LogP) is 4.47. The Hall–Kier alpha value is -3.87. The Labute approximate surface area is 228 Å². The van der Waals surface area contributed by atoms with Gasteiger partial charge in [0.1, 0.15) is 24.0 Å². The van der Waals surface area contributed by atoms with E-state index in [1.165, 1.54) is 18.2 Å². The second kappa shape index (κ2) is 11.0. The van der Waals surface area contributed by atoms with Gasteiger partial charge in [0.15, 0.2) is 0 Å². The van der Waals surface area contributed by atoms with Crippen molar-refractivity contribution in [2.45, 2.75) is 43.0 Å². The van der Waals surface area contributed by atoms with Crippen LogP contribution in [0.2, 0.25) is 0 Å². The summed E-state index contributed by atoms with van der Waals surface area (Å²) in [5, 5.41) is 13.2. The molecule has 1 aliphatic heterocycles. The number of fused-ring (bicyclic) bond motifs is 1. The van der Waals surface area contributed by atoms with E-state index in [0.717, 1.165) is 16.4 Å². The van der Waals surface area contributed by atoms with Crippen LogP contribution in [0.3, 0.4) is 0 Å². The van der Waals surface area contributed by atoms with Crippen molar-refractivity contribution in [3.63, 3.8) is 0 Å². The molecule has 5 rings (SSSR count). The quantitative estimate of drug-likeness (QED) is 0.322. The van der Waals surface area contributed by atoms with Crippen LogP contribution >= 0.6 is 0 Å². The fourth-order valence-electron chi connectivity index (χ4n) is 4.50. The van der Waals surface area contributed by atoms with Gasteiger partial charge in [-0.25, -0.2) is 8.42 Å². The summed E-state index contributed by atoms with van der Waals surface area (Å²) < 4.78 is 77.0. The first-order valence-electron chi connectivity index (χ1n) is 12.3. The molecule has 2 atom stereocenters. The summed E-state index contributed by atoms with van der Waals surface area (Å²) in [6.07, 6.45) is -5.50. The Morgan fingerprint density at radius 3 is 2.50 bits per heavy atom. The highest BCUT2D eigenvalue weighted by Crippen LogP contribution is 2.31. The number of benzene rings is 3. The van der Waals surface area contributed by atoms with Crippen molar-refractivity contribution in [3.05, 3.63) is 95.6 Å². The van der Waals surface area contributed by atoms with Crippen molar-refractivity contribution >= 4 is 26.9 Å². The molecule has 8 nitrogen and oxygen atoms in total. The molecule has 3 aromatic carbocycles. The van der Waals surface area contributed by atoms with Gasteiger partial charge in [-0.15, -0.1) is 0 Å². The number of alkyl halides is 3. The van der Waals surface area contributed by atoms with Crippen molar-refractivity contribution in [2.75, 3.05) is 6.54 Å². The first kappa shape index (κ1) is 27.7. The third-order valence-corrected chi connectivity index (χ3v) is 8.28. The number of ether oxygens (including phenoxy) is 1. The fraction of sp³-hybridized carbons (Fsp3) is 0.250. The Kier molecular flexibility index (Phi) is 7.58. The van der Waals surface area contributed by atoms with E-state index in [2.05, 4.69) is 5.32 Å². The van der Waals surface area contributed by atoms with Crippen LogP contribution in [0, 0.1) is 0 Å². The van der Waals surface area contributed by atoms with Crippen molar-refractivity contribution in [1.29, 1.82) is 0 Å². The average Bonchev–Trinajstić information content (AvgIpc) is 3.55. The van der Waals surface area contributed by atoms with Gasteiger partial charge in [0.2, 0.25) is 11.0 Å². The van der Waals surface area contributed by atoms with Gasteiger partial charge in [-0.05, 0) is 41.5 Å². The number of carbonyl (C=O) groups is 1. The van der Waals surface area contributed by atoms with Crippen LogP contribution < -0.4 is 10.1 Å². The zero-order valence-electron chi connectivity index (χ0n) is 21.0. The number of halogens is 3. The highest BCUT2D eigenvalue weighted by molar-refractivity contribution is 7.89. The molecule has 1 aliphatic rings. The predicted molar refractivity (Wildman–Crippen MR) is 139 cm³/mol. The van der Waals surface area contributed by atoms with Gasteiger partial charge >= 0.3 is 6.18 Å². The van der Waals surface area contributed by atoms with E-state index in [1.54, 1.807) is 48.5 Å². The van der Waals surface area contributed by atoms with E-state index in [1.807, 2.05) is 0 Å². The maximum absolute atomic E-state index is 13.3. The maximum atomic E-state index is 13.3. The van der Waals surface area contributed by atoms with Gasteiger partial charge < -0.3 is 19.6 Å². The lowest BCUT2D eigenvalue weighted by Gasteiger charge is -2.22. The van der Waals surface area contributed by atoms with Gasteiger partial charge in [-0.1, -0.05) is 42.5 Å². The number of sulfonamides is 1. The standard InChI is InChI=1S/C28H25F3N2O6S/c29-28(30,31)21-10-8-18(9-11-21)17-38-23-6-3-4-19(12-23)15-32-27(35)24-14-22(34)16-33(24)40(36,37)26-13-20-5-1-2-7-25(20)39-26/h1-13,22,24,34H,14-17H2,(H,32,35)/t22-,24+/m1/s1. The second-order valence-electron chi connectivity index (χ2n) is 9.43. The number of nitrogens with one attached hydrogen (secondary N) is 1. The van der Waals surface area contributed by atoms with E-state index in [-0.39, 0.29) is 31.2 Å². The Morgan fingerprint density at radius 1 is 1.02 bits per heavy atom. The Balaban J connectivity index is 1.22. The largest absolute Gasteiger partial charge is 0.489 e. The number of nitrogens with zero attached hydrogens (tertiary/aromatic N) is 1. The number of amides is 1. The zero-order chi connectivity index (χ0) is 28.5. The molecule has 210 valence electrons. The zero-order valence-corrected chi connectivity index (χ0v) is 21.8. The summed E-state index contributed by atoms with van der Waals surface area (Å²) in [5.41, 5.74) is 0.857. The molecule has 0 radical (unpaired) electrons. The van der Waals surface area contributed by atoms with Crippen molar-refractivity contribution in [2.24, 2.45) is 0 Å². The Bertz CT molecular complexity index is 1590. The number of furan rings is 1. The minimum atomic E-state index is -4.41. The molecule has 2 N–H and O–H groups in total. The van der Waals surface area contributed by atoms with E-state index in [4.69, 9.17) is 9.15 Å². The molecule has 1 fully saturated rings. The monoisotopic (exact) mass is 574 g/mol. The molecule has 0 aliphatic carbocycles. The minimum Gasteiger partial charge on any atom is -0.489 e. The third kappa shape index (κ3) is 5.98. The van der Waals surface area contributed by atoms with E-state index >= 15 is 0 Å². The van der Waals surface area contributed by atoms with Crippen LogP contribution in [0.4, 0.5) is 13.2 Å². The third-order valence-electron chi connectivity index (χ3n) is 6.55. The number of β-amino-alcohol motifs (C(OH)–C–C–N with tert-alkyl or cyclic N) is 1. The highest BCUT2D eigenvalue weighted by atomic mass is 32.2. The molecular weight excluding hydrogens is 549 g/mol. The molecule has 1 saturated heterocycles. The van der Waals surface area contributed by atoms with Crippen LogP contribution in [0.25, 0.3) is 11.0 Å². The van der Waals surface area contributed by atoms with Crippen LogP contribution in [0.15, 0.2) is 88.4 Å². The summed E-state index contributed by atoms with van der Waals surface area (Å²) in [6, 6.07) is 18.5. The number of para-hydroxylation sites is 1. The second-order valence-corrected chi connectivity index (χ2v) is 11.3. The van der Waals surface area contributed by atoms with Crippen LogP contribution in [0.1, 0.15) is 23.1 Å². The smallest absolute Gasteiger partial charge is 0.416 e. The van der Waals surface area contributed by atoms with E-state index in [9.17, 15) is 31.5 Å². The normalized spacial score (nSPS) is 18.2. The topological polar surface area (TPSA) is 109 Å². The lowest BCUT2D eigenvalue weighted by molar-refractivity contribution is -0.137. The van der Waals surface area contributed by atoms with Gasteiger partial charge in [0, 0.05) is 31.0 Å². The average molecular weight is 575 g/mol. The lowest BCUT2D eigenvalue weighted by Crippen LogP contribution is -2.45. The molecule has 4 aromatic rings. The molecule has 0 bridgehead atoms. The van der Waals surface area contributed by atoms with Crippen LogP contribution in [-0.2, 0) is 34.1 Å². The SMILES string of the molecule is O=C(NCc1cccc(OCc2ccc(C(F)(F)F)cc2)c1)[C@@H]1C[C@@H](O)CN1S(=O)(=O)c1cc2ccccc2o1. The van der Waals surface area contributed by atoms with Crippen molar-refractivity contribution in [1.82, 2.24) is 9.62 Å². The lowest BCUT2D eigenvalue weighted by atomic mass is 10.1. The number of carbonyl (C=O) groups excluding carboxylic acids is 1. The number of aliphatic hydroxyl groups excluding tert-OH is 1. The maximum Gasteiger partial charge on any atom is 0.416 e. The molecule has 2 heterocycles. The van der Waals surface area contributed by atoms with Crippen molar-refractivity contribution < 1.29 is 40.6 Å². The Morgan fingerprint density at radius 2 is 1.77 bits per heavy atom. The molecule has 0 saturated carbocycles. The van der Waals surface area contributed by atoms with Gasteiger partial charge in [-0.3, -0.25) is 4.79 Å². The molecule has 12 heteroatoms.